The van der Waals surface area contributed by atoms with Gasteiger partial charge in [0.25, 0.3) is 0 Å². The minimum absolute atomic E-state index is 0.201. The van der Waals surface area contributed by atoms with Gasteiger partial charge in [-0.15, -0.1) is 0 Å². The molecule has 0 amide bonds. The topological polar surface area (TPSA) is 32.5 Å². The highest BCUT2D eigenvalue weighted by atomic mass is 15.3. The molecule has 3 nitrogen and oxygen atoms in total. The molecule has 0 aromatic heterocycles. The van der Waals surface area contributed by atoms with E-state index in [2.05, 4.69) is 43.7 Å². The molecule has 0 radical (unpaired) electrons. The minimum Gasteiger partial charge on any atom is -0.397 e. The average molecular weight is 233 g/mol. The molecule has 3 heteroatoms. The van der Waals surface area contributed by atoms with Crippen molar-refractivity contribution in [3.8, 4) is 0 Å². The van der Waals surface area contributed by atoms with Gasteiger partial charge in [0.05, 0.1) is 11.4 Å². The summed E-state index contributed by atoms with van der Waals surface area (Å²) in [4.78, 5) is 4.84. The summed E-state index contributed by atoms with van der Waals surface area (Å²) in [5.74, 6) is 0. The number of hydrogen-bond acceptors (Lipinski definition) is 3. The van der Waals surface area contributed by atoms with Crippen LogP contribution < -0.4 is 10.6 Å². The standard InChI is InChI=1S/C14H23N3/c1-11-6-5-7-12(15)13(11)17-9-8-16(4)14(2,3)10-17/h5-7H,8-10,15H2,1-4H3. The molecule has 1 fully saturated rings. The molecule has 0 atom stereocenters. The number of likely N-dealkylation sites (N-methyl/N-ethyl adjacent to an activating group) is 1. The molecular formula is C14H23N3. The van der Waals surface area contributed by atoms with Crippen LogP contribution in [0.4, 0.5) is 11.4 Å². The zero-order chi connectivity index (χ0) is 12.6. The molecule has 1 aromatic rings. The van der Waals surface area contributed by atoms with Gasteiger partial charge in [-0.1, -0.05) is 12.1 Å². The zero-order valence-corrected chi connectivity index (χ0v) is 11.3. The van der Waals surface area contributed by atoms with Crippen LogP contribution in [0.2, 0.25) is 0 Å². The molecule has 17 heavy (non-hydrogen) atoms. The number of aryl methyl sites for hydroxylation is 1. The number of anilines is 2. The van der Waals surface area contributed by atoms with Crippen molar-refractivity contribution in [3.63, 3.8) is 0 Å². The first-order chi connectivity index (χ1) is 7.92. The lowest BCUT2D eigenvalue weighted by atomic mass is 9.98. The summed E-state index contributed by atoms with van der Waals surface area (Å²) in [5, 5.41) is 0. The Hall–Kier alpha value is -1.22. The van der Waals surface area contributed by atoms with Crippen molar-refractivity contribution >= 4 is 11.4 Å². The Balaban J connectivity index is 2.30. The molecule has 2 N–H and O–H groups in total. The molecule has 0 spiro atoms. The lowest BCUT2D eigenvalue weighted by Crippen LogP contribution is -2.58. The van der Waals surface area contributed by atoms with E-state index in [1.54, 1.807) is 0 Å². The molecule has 1 aliphatic rings. The second kappa shape index (κ2) is 4.22. The van der Waals surface area contributed by atoms with E-state index in [1.165, 1.54) is 11.3 Å². The van der Waals surface area contributed by atoms with E-state index in [4.69, 9.17) is 5.73 Å². The molecule has 1 aliphatic heterocycles. The number of benzene rings is 1. The Labute approximate surface area is 104 Å². The maximum Gasteiger partial charge on any atom is 0.0630 e. The molecule has 94 valence electrons. The molecule has 1 saturated heterocycles. The lowest BCUT2D eigenvalue weighted by Gasteiger charge is -2.46. The van der Waals surface area contributed by atoms with Crippen molar-refractivity contribution in [2.75, 3.05) is 37.3 Å². The zero-order valence-electron chi connectivity index (χ0n) is 11.3. The van der Waals surface area contributed by atoms with Crippen LogP contribution in [-0.2, 0) is 0 Å². The van der Waals surface area contributed by atoms with Gasteiger partial charge in [-0.25, -0.2) is 0 Å². The first-order valence-corrected chi connectivity index (χ1v) is 6.23. The van der Waals surface area contributed by atoms with Crippen LogP contribution >= 0.6 is 0 Å². The summed E-state index contributed by atoms with van der Waals surface area (Å²) in [6.07, 6.45) is 0. The number of nitrogens with zero attached hydrogens (tertiary/aromatic N) is 2. The third kappa shape index (κ3) is 2.25. The van der Waals surface area contributed by atoms with Crippen LogP contribution in [0.5, 0.6) is 0 Å². The summed E-state index contributed by atoms with van der Waals surface area (Å²) < 4.78 is 0. The maximum absolute atomic E-state index is 6.12. The van der Waals surface area contributed by atoms with Gasteiger partial charge in [-0.3, -0.25) is 4.90 Å². The van der Waals surface area contributed by atoms with Crippen LogP contribution in [0.15, 0.2) is 18.2 Å². The number of nitrogen functional groups attached to an aromatic ring is 1. The Kier molecular flexibility index (Phi) is 3.04. The van der Waals surface area contributed by atoms with Gasteiger partial charge in [-0.2, -0.15) is 0 Å². The highest BCUT2D eigenvalue weighted by Crippen LogP contribution is 2.31. The van der Waals surface area contributed by atoms with E-state index in [9.17, 15) is 0 Å². The molecule has 1 aromatic carbocycles. The molecule has 2 rings (SSSR count). The van der Waals surface area contributed by atoms with Crippen molar-refractivity contribution in [2.45, 2.75) is 26.3 Å². The van der Waals surface area contributed by atoms with Crippen molar-refractivity contribution < 1.29 is 0 Å². The minimum atomic E-state index is 0.201. The van der Waals surface area contributed by atoms with Crippen LogP contribution in [0, 0.1) is 6.92 Å². The van der Waals surface area contributed by atoms with Crippen LogP contribution in [0.3, 0.4) is 0 Å². The second-order valence-corrected chi connectivity index (χ2v) is 5.67. The predicted molar refractivity (Wildman–Crippen MR) is 74.5 cm³/mol. The SMILES string of the molecule is Cc1cccc(N)c1N1CCN(C)C(C)(C)C1. The van der Waals surface area contributed by atoms with Gasteiger partial charge in [0.15, 0.2) is 0 Å². The van der Waals surface area contributed by atoms with Crippen LogP contribution in [0.25, 0.3) is 0 Å². The largest absolute Gasteiger partial charge is 0.397 e. The summed E-state index contributed by atoms with van der Waals surface area (Å²) in [6.45, 7) is 9.87. The van der Waals surface area contributed by atoms with Gasteiger partial charge in [0.1, 0.15) is 0 Å². The Morgan fingerprint density at radius 2 is 1.94 bits per heavy atom. The van der Waals surface area contributed by atoms with Gasteiger partial charge in [0, 0.05) is 25.2 Å². The Bertz CT molecular complexity index is 392. The van der Waals surface area contributed by atoms with Crippen molar-refractivity contribution in [1.82, 2.24) is 4.90 Å². The van der Waals surface area contributed by atoms with E-state index in [0.29, 0.717) is 0 Å². The van der Waals surface area contributed by atoms with Crippen molar-refractivity contribution in [3.05, 3.63) is 23.8 Å². The molecule has 0 aliphatic carbocycles. The van der Waals surface area contributed by atoms with E-state index in [1.807, 2.05) is 12.1 Å². The number of piperazine rings is 1. The van der Waals surface area contributed by atoms with E-state index < -0.39 is 0 Å². The van der Waals surface area contributed by atoms with Crippen molar-refractivity contribution in [1.29, 1.82) is 0 Å². The molecule has 1 heterocycles. The number of hydrogen-bond donors (Lipinski definition) is 1. The van der Waals surface area contributed by atoms with Gasteiger partial charge in [0.2, 0.25) is 0 Å². The third-order valence-electron chi connectivity index (χ3n) is 3.90. The fraction of sp³-hybridized carbons (Fsp3) is 0.571. The summed E-state index contributed by atoms with van der Waals surface area (Å²) in [5.41, 5.74) is 9.70. The van der Waals surface area contributed by atoms with Gasteiger partial charge >= 0.3 is 0 Å². The average Bonchev–Trinajstić information content (AvgIpc) is 2.22. The summed E-state index contributed by atoms with van der Waals surface area (Å²) in [7, 11) is 2.19. The third-order valence-corrected chi connectivity index (χ3v) is 3.90. The predicted octanol–water partition coefficient (Wildman–Crippen LogP) is 2.11. The maximum atomic E-state index is 6.12. The van der Waals surface area contributed by atoms with Crippen molar-refractivity contribution in [2.24, 2.45) is 0 Å². The molecule has 0 unspecified atom stereocenters. The smallest absolute Gasteiger partial charge is 0.0630 e. The first kappa shape index (κ1) is 12.2. The Morgan fingerprint density at radius 1 is 1.24 bits per heavy atom. The summed E-state index contributed by atoms with van der Waals surface area (Å²) in [6, 6.07) is 6.15. The molecule has 0 bridgehead atoms. The highest BCUT2D eigenvalue weighted by molar-refractivity contribution is 5.71. The Morgan fingerprint density at radius 3 is 2.53 bits per heavy atom. The van der Waals surface area contributed by atoms with Crippen LogP contribution in [0.1, 0.15) is 19.4 Å². The number of rotatable bonds is 1. The summed E-state index contributed by atoms with van der Waals surface area (Å²) >= 11 is 0. The normalized spacial score (nSPS) is 20.6. The van der Waals surface area contributed by atoms with E-state index in [-0.39, 0.29) is 5.54 Å². The monoisotopic (exact) mass is 233 g/mol. The fourth-order valence-electron chi connectivity index (χ4n) is 2.54. The van der Waals surface area contributed by atoms with Crippen LogP contribution in [-0.4, -0.2) is 37.1 Å². The molecular weight excluding hydrogens is 210 g/mol. The first-order valence-electron chi connectivity index (χ1n) is 6.23. The quantitative estimate of drug-likeness (QED) is 0.754. The van der Waals surface area contributed by atoms with E-state index in [0.717, 1.165) is 25.3 Å². The fourth-order valence-corrected chi connectivity index (χ4v) is 2.54. The second-order valence-electron chi connectivity index (χ2n) is 5.67. The lowest BCUT2D eigenvalue weighted by molar-refractivity contribution is 0.139. The molecule has 0 saturated carbocycles. The van der Waals surface area contributed by atoms with E-state index >= 15 is 0 Å². The highest BCUT2D eigenvalue weighted by Gasteiger charge is 2.32. The van der Waals surface area contributed by atoms with Gasteiger partial charge < -0.3 is 10.6 Å². The van der Waals surface area contributed by atoms with Gasteiger partial charge in [-0.05, 0) is 39.4 Å². The number of para-hydroxylation sites is 1. The number of nitrogens with two attached hydrogens (primary N) is 1.